The largest absolute Gasteiger partial charge is 0.497 e. The highest BCUT2D eigenvalue weighted by Crippen LogP contribution is 2.24. The average Bonchev–Trinajstić information content (AvgIpc) is 2.15. The maximum atomic E-state index is 6.05. The summed E-state index contributed by atoms with van der Waals surface area (Å²) in [4.78, 5) is 0. The average molecular weight is 193 g/mol. The van der Waals surface area contributed by atoms with Crippen LogP contribution in [0.15, 0.2) is 18.2 Å². The van der Waals surface area contributed by atoms with Crippen molar-refractivity contribution in [3.8, 4) is 5.75 Å². The second kappa shape index (κ2) is 4.01. The highest BCUT2D eigenvalue weighted by molar-refractivity contribution is 5.37. The molecular formula is C12H19NO. The van der Waals surface area contributed by atoms with Gasteiger partial charge in [-0.2, -0.15) is 0 Å². The molecule has 0 aliphatic rings. The fraction of sp³-hybridized carbons (Fsp3) is 0.500. The fourth-order valence-corrected chi connectivity index (χ4v) is 1.35. The third-order valence-electron chi connectivity index (χ3n) is 2.35. The first-order valence-corrected chi connectivity index (χ1v) is 4.94. The number of nitrogens with two attached hydrogens (primary N) is 1. The van der Waals surface area contributed by atoms with Crippen LogP contribution in [0.3, 0.4) is 0 Å². The summed E-state index contributed by atoms with van der Waals surface area (Å²) >= 11 is 0. The second-order valence-corrected chi connectivity index (χ2v) is 4.15. The van der Waals surface area contributed by atoms with Crippen molar-refractivity contribution < 1.29 is 4.74 Å². The Kier molecular flexibility index (Phi) is 3.17. The number of benzene rings is 1. The molecule has 1 rings (SSSR count). The first-order valence-electron chi connectivity index (χ1n) is 4.94. The molecule has 0 radical (unpaired) electrons. The van der Waals surface area contributed by atoms with Crippen molar-refractivity contribution in [3.63, 3.8) is 0 Å². The van der Waals surface area contributed by atoms with Gasteiger partial charge in [-0.1, -0.05) is 13.0 Å². The van der Waals surface area contributed by atoms with Gasteiger partial charge in [0.15, 0.2) is 0 Å². The van der Waals surface area contributed by atoms with Crippen molar-refractivity contribution >= 4 is 0 Å². The molecule has 0 amide bonds. The lowest BCUT2D eigenvalue weighted by atomic mass is 9.93. The van der Waals surface area contributed by atoms with E-state index in [2.05, 4.69) is 19.1 Å². The third-order valence-corrected chi connectivity index (χ3v) is 2.35. The Morgan fingerprint density at radius 3 is 2.36 bits per heavy atom. The zero-order valence-corrected chi connectivity index (χ0v) is 9.42. The molecule has 0 unspecified atom stereocenters. The van der Waals surface area contributed by atoms with E-state index in [0.29, 0.717) is 0 Å². The molecule has 2 nitrogen and oxygen atoms in total. The Balaban J connectivity index is 3.17. The summed E-state index contributed by atoms with van der Waals surface area (Å²) in [5.41, 5.74) is 8.12. The number of methoxy groups -OCH3 is 1. The van der Waals surface area contributed by atoms with Gasteiger partial charge in [0.2, 0.25) is 0 Å². The van der Waals surface area contributed by atoms with Crippen LogP contribution in [0, 0.1) is 0 Å². The predicted octanol–water partition coefficient (Wildman–Crippen LogP) is 2.45. The third kappa shape index (κ3) is 2.48. The number of rotatable bonds is 3. The first kappa shape index (κ1) is 11.1. The minimum absolute atomic E-state index is 0.307. The number of hydrogen-bond acceptors (Lipinski definition) is 2. The minimum atomic E-state index is -0.307. The van der Waals surface area contributed by atoms with Crippen molar-refractivity contribution in [1.82, 2.24) is 0 Å². The van der Waals surface area contributed by atoms with Gasteiger partial charge in [0.1, 0.15) is 5.75 Å². The lowest BCUT2D eigenvalue weighted by Gasteiger charge is -2.20. The van der Waals surface area contributed by atoms with Gasteiger partial charge < -0.3 is 10.5 Å². The van der Waals surface area contributed by atoms with E-state index in [4.69, 9.17) is 10.5 Å². The van der Waals surface area contributed by atoms with Crippen LogP contribution in [0.25, 0.3) is 0 Å². The van der Waals surface area contributed by atoms with Gasteiger partial charge in [0.05, 0.1) is 7.11 Å². The van der Waals surface area contributed by atoms with Crippen molar-refractivity contribution in [2.75, 3.05) is 7.11 Å². The molecule has 14 heavy (non-hydrogen) atoms. The van der Waals surface area contributed by atoms with Crippen molar-refractivity contribution in [1.29, 1.82) is 0 Å². The Bertz CT molecular complexity index is 290. The van der Waals surface area contributed by atoms with Crippen molar-refractivity contribution in [2.24, 2.45) is 5.73 Å². The highest BCUT2D eigenvalue weighted by Gasteiger charge is 2.15. The zero-order valence-electron chi connectivity index (χ0n) is 9.42. The molecule has 0 spiro atoms. The molecule has 0 aliphatic carbocycles. The van der Waals surface area contributed by atoms with Gasteiger partial charge in [0, 0.05) is 5.54 Å². The summed E-state index contributed by atoms with van der Waals surface area (Å²) in [6.45, 7) is 6.13. The molecule has 1 aromatic carbocycles. The van der Waals surface area contributed by atoms with E-state index in [9.17, 15) is 0 Å². The van der Waals surface area contributed by atoms with Crippen LogP contribution < -0.4 is 10.5 Å². The van der Waals surface area contributed by atoms with E-state index in [1.54, 1.807) is 7.11 Å². The van der Waals surface area contributed by atoms with E-state index in [0.717, 1.165) is 17.7 Å². The molecule has 0 heterocycles. The molecule has 0 aromatic heterocycles. The standard InChI is InChI=1S/C12H19NO/c1-5-9-6-10(12(2,3)13)8-11(7-9)14-4/h6-8H,5,13H2,1-4H3. The fourth-order valence-electron chi connectivity index (χ4n) is 1.35. The molecule has 2 heteroatoms. The summed E-state index contributed by atoms with van der Waals surface area (Å²) in [5, 5.41) is 0. The van der Waals surface area contributed by atoms with Crippen LogP contribution in [0.1, 0.15) is 31.9 Å². The SMILES string of the molecule is CCc1cc(OC)cc(C(C)(C)N)c1. The maximum absolute atomic E-state index is 6.05. The smallest absolute Gasteiger partial charge is 0.119 e. The van der Waals surface area contributed by atoms with Gasteiger partial charge >= 0.3 is 0 Å². The summed E-state index contributed by atoms with van der Waals surface area (Å²) in [7, 11) is 1.68. The van der Waals surface area contributed by atoms with Crippen LogP contribution in [-0.4, -0.2) is 7.11 Å². The highest BCUT2D eigenvalue weighted by atomic mass is 16.5. The van der Waals surface area contributed by atoms with Gasteiger partial charge in [0.25, 0.3) is 0 Å². The van der Waals surface area contributed by atoms with Crippen LogP contribution in [-0.2, 0) is 12.0 Å². The quantitative estimate of drug-likeness (QED) is 0.800. The minimum Gasteiger partial charge on any atom is -0.497 e. The zero-order chi connectivity index (χ0) is 10.8. The molecule has 1 aromatic rings. The van der Waals surface area contributed by atoms with E-state index in [-0.39, 0.29) is 5.54 Å². The molecule has 0 bridgehead atoms. The van der Waals surface area contributed by atoms with E-state index in [1.807, 2.05) is 19.9 Å². The topological polar surface area (TPSA) is 35.2 Å². The number of hydrogen-bond donors (Lipinski definition) is 1. The van der Waals surface area contributed by atoms with E-state index >= 15 is 0 Å². The molecule has 0 aliphatic heterocycles. The van der Waals surface area contributed by atoms with Gasteiger partial charge in [-0.25, -0.2) is 0 Å². The molecule has 0 saturated heterocycles. The first-order chi connectivity index (χ1) is 6.47. The summed E-state index contributed by atoms with van der Waals surface area (Å²) in [6.07, 6.45) is 1.00. The van der Waals surface area contributed by atoms with Crippen molar-refractivity contribution in [2.45, 2.75) is 32.7 Å². The normalized spacial score (nSPS) is 11.5. The monoisotopic (exact) mass is 193 g/mol. The summed E-state index contributed by atoms with van der Waals surface area (Å²) in [5.74, 6) is 0.887. The lowest BCUT2D eigenvalue weighted by molar-refractivity contribution is 0.411. The van der Waals surface area contributed by atoms with Gasteiger partial charge in [-0.05, 0) is 43.5 Å². The summed E-state index contributed by atoms with van der Waals surface area (Å²) in [6, 6.07) is 6.19. The Hall–Kier alpha value is -1.02. The lowest BCUT2D eigenvalue weighted by Crippen LogP contribution is -2.28. The van der Waals surface area contributed by atoms with Crippen LogP contribution in [0.2, 0.25) is 0 Å². The van der Waals surface area contributed by atoms with Crippen LogP contribution in [0.5, 0.6) is 5.75 Å². The Labute approximate surface area is 86.1 Å². The molecule has 2 N–H and O–H groups in total. The molecule has 0 fully saturated rings. The Morgan fingerprint density at radius 1 is 1.29 bits per heavy atom. The molecule has 0 atom stereocenters. The maximum Gasteiger partial charge on any atom is 0.119 e. The molecule has 0 saturated carbocycles. The predicted molar refractivity (Wildman–Crippen MR) is 59.6 cm³/mol. The van der Waals surface area contributed by atoms with Crippen LogP contribution in [0.4, 0.5) is 0 Å². The summed E-state index contributed by atoms with van der Waals surface area (Å²) < 4.78 is 5.24. The molecular weight excluding hydrogens is 174 g/mol. The molecule has 78 valence electrons. The van der Waals surface area contributed by atoms with Gasteiger partial charge in [-0.3, -0.25) is 0 Å². The van der Waals surface area contributed by atoms with Gasteiger partial charge in [-0.15, -0.1) is 0 Å². The number of ether oxygens (including phenoxy) is 1. The Morgan fingerprint density at radius 2 is 1.93 bits per heavy atom. The van der Waals surface area contributed by atoms with Crippen molar-refractivity contribution in [3.05, 3.63) is 29.3 Å². The second-order valence-electron chi connectivity index (χ2n) is 4.15. The number of aryl methyl sites for hydroxylation is 1. The van der Waals surface area contributed by atoms with Crippen LogP contribution >= 0.6 is 0 Å². The van der Waals surface area contributed by atoms with E-state index in [1.165, 1.54) is 5.56 Å². The van der Waals surface area contributed by atoms with E-state index < -0.39 is 0 Å².